The van der Waals surface area contributed by atoms with Gasteiger partial charge in [0.05, 0.1) is 24.9 Å². The molecule has 1 saturated heterocycles. The summed E-state index contributed by atoms with van der Waals surface area (Å²) in [5.41, 5.74) is 0. The van der Waals surface area contributed by atoms with Crippen molar-refractivity contribution in [2.24, 2.45) is 0 Å². The van der Waals surface area contributed by atoms with Crippen LogP contribution in [0.25, 0.3) is 0 Å². The molecule has 2 N–H and O–H groups in total. The summed E-state index contributed by atoms with van der Waals surface area (Å²) in [5, 5.41) is 9.72. The first-order valence-electron chi connectivity index (χ1n) is 5.21. The van der Waals surface area contributed by atoms with E-state index >= 15 is 0 Å². The van der Waals surface area contributed by atoms with Crippen LogP contribution in [0.4, 0.5) is 0 Å². The zero-order chi connectivity index (χ0) is 15.6. The van der Waals surface area contributed by atoms with Gasteiger partial charge in [-0.15, -0.1) is 0 Å². The Balaban J connectivity index is 2.70. The monoisotopic (exact) mass is 335 g/mol. The van der Waals surface area contributed by atoms with Gasteiger partial charge in [-0.05, 0) is 0 Å². The van der Waals surface area contributed by atoms with E-state index in [-0.39, 0.29) is 6.42 Å². The summed E-state index contributed by atoms with van der Waals surface area (Å²) in [7, 11) is -8.65. The first-order valence-corrected chi connectivity index (χ1v) is 7.95. The molecule has 4 unspecified atom stereocenters. The number of ether oxygens (including phenoxy) is 2. The first kappa shape index (κ1) is 17.7. The van der Waals surface area contributed by atoms with Crippen molar-refractivity contribution in [2.45, 2.75) is 31.0 Å². The second-order valence-electron chi connectivity index (χ2n) is 3.96. The summed E-state index contributed by atoms with van der Waals surface area (Å²) in [6, 6.07) is -1.36. The second-order valence-corrected chi connectivity index (χ2v) is 6.15. The minimum Gasteiger partial charge on any atom is -0.735 e. The highest BCUT2D eigenvalue weighted by Crippen LogP contribution is 2.22. The number of rotatable bonds is 6. The standard InChI is InChI=1S/C7H15NO10S2/c1-16-7-6(8-19(10,11)12)5(9)2-4(18-7)3-17-20(13,14)15/h4-9H,2-3H2,1H3,(H,10,11,12)(H,13,14,15)/p-2. The maximum atomic E-state index is 10.6. The largest absolute Gasteiger partial charge is 0.735 e. The molecule has 120 valence electrons. The highest BCUT2D eigenvalue weighted by Gasteiger charge is 2.39. The summed E-state index contributed by atoms with van der Waals surface area (Å²) in [4.78, 5) is 0. The molecule has 1 heterocycles. The van der Waals surface area contributed by atoms with Crippen LogP contribution in [-0.4, -0.2) is 69.3 Å². The molecule has 1 aliphatic heterocycles. The lowest BCUT2D eigenvalue weighted by atomic mass is 10.0. The molecule has 4 atom stereocenters. The normalized spacial score (nSPS) is 32.2. The topological polar surface area (TPSA) is 174 Å². The number of aliphatic hydroxyl groups is 1. The molecule has 0 spiro atoms. The van der Waals surface area contributed by atoms with E-state index in [4.69, 9.17) is 9.47 Å². The van der Waals surface area contributed by atoms with Gasteiger partial charge < -0.3 is 23.7 Å². The summed E-state index contributed by atoms with van der Waals surface area (Å²) in [5.74, 6) is 0. The van der Waals surface area contributed by atoms with Crippen molar-refractivity contribution >= 4 is 20.7 Å². The molecule has 0 aromatic heterocycles. The van der Waals surface area contributed by atoms with Gasteiger partial charge in [0.15, 0.2) is 16.6 Å². The Morgan fingerprint density at radius 2 is 1.95 bits per heavy atom. The Hall–Kier alpha value is -0.380. The molecular weight excluding hydrogens is 322 g/mol. The van der Waals surface area contributed by atoms with Crippen molar-refractivity contribution in [3.8, 4) is 0 Å². The SMILES string of the molecule is COC1OC(COS(=O)(=O)[O-])CC(O)C1NS(=O)(=O)[O-]. The predicted octanol–water partition coefficient (Wildman–Crippen LogP) is -3.00. The van der Waals surface area contributed by atoms with E-state index in [0.29, 0.717) is 0 Å². The molecular formula is C7H13NO10S2-2. The molecule has 0 aromatic rings. The summed E-state index contributed by atoms with van der Waals surface area (Å²) >= 11 is 0. The first-order chi connectivity index (χ1) is 9.02. The predicted molar refractivity (Wildman–Crippen MR) is 58.6 cm³/mol. The third-order valence-corrected chi connectivity index (χ3v) is 3.44. The molecule has 1 fully saturated rings. The molecule has 0 radical (unpaired) electrons. The van der Waals surface area contributed by atoms with E-state index in [1.807, 2.05) is 0 Å². The van der Waals surface area contributed by atoms with Crippen molar-refractivity contribution in [2.75, 3.05) is 13.7 Å². The van der Waals surface area contributed by atoms with Crippen LogP contribution >= 0.6 is 0 Å². The highest BCUT2D eigenvalue weighted by molar-refractivity contribution is 7.83. The van der Waals surface area contributed by atoms with E-state index in [9.17, 15) is 31.0 Å². The Labute approximate surface area is 115 Å². The van der Waals surface area contributed by atoms with Crippen molar-refractivity contribution in [1.82, 2.24) is 4.72 Å². The van der Waals surface area contributed by atoms with Crippen LogP contribution in [0.5, 0.6) is 0 Å². The van der Waals surface area contributed by atoms with Crippen LogP contribution in [-0.2, 0) is 34.4 Å². The average molecular weight is 335 g/mol. The van der Waals surface area contributed by atoms with Crippen LogP contribution in [0.2, 0.25) is 0 Å². The number of methoxy groups -OCH3 is 1. The molecule has 1 aliphatic rings. The summed E-state index contributed by atoms with van der Waals surface area (Å²) in [6.07, 6.45) is -4.01. The lowest BCUT2D eigenvalue weighted by molar-refractivity contribution is -0.222. The number of hydrogen-bond acceptors (Lipinski definition) is 10. The lowest BCUT2D eigenvalue weighted by Crippen LogP contribution is -2.58. The molecule has 0 bridgehead atoms. The molecule has 11 nitrogen and oxygen atoms in total. The van der Waals surface area contributed by atoms with Gasteiger partial charge in [-0.1, -0.05) is 0 Å². The van der Waals surface area contributed by atoms with Crippen LogP contribution in [0.15, 0.2) is 0 Å². The molecule has 0 aromatic carbocycles. The maximum Gasteiger partial charge on any atom is 0.217 e. The summed E-state index contributed by atoms with van der Waals surface area (Å²) in [6.45, 7) is -0.667. The third kappa shape index (κ3) is 5.94. The van der Waals surface area contributed by atoms with Gasteiger partial charge in [-0.25, -0.2) is 21.6 Å². The van der Waals surface area contributed by atoms with Crippen LogP contribution in [0.1, 0.15) is 6.42 Å². The van der Waals surface area contributed by atoms with Crippen molar-refractivity contribution < 1.29 is 44.7 Å². The Kier molecular flexibility index (Phi) is 5.82. The summed E-state index contributed by atoms with van der Waals surface area (Å²) < 4.78 is 78.1. The molecule has 1 rings (SSSR count). The van der Waals surface area contributed by atoms with E-state index in [2.05, 4.69) is 4.18 Å². The number of hydrogen-bond donors (Lipinski definition) is 2. The van der Waals surface area contributed by atoms with Gasteiger partial charge in [0.2, 0.25) is 10.4 Å². The molecule has 20 heavy (non-hydrogen) atoms. The Morgan fingerprint density at radius 3 is 2.40 bits per heavy atom. The van der Waals surface area contributed by atoms with Gasteiger partial charge in [-0.2, -0.15) is 0 Å². The third-order valence-electron chi connectivity index (χ3n) is 2.45. The van der Waals surface area contributed by atoms with E-state index in [1.165, 1.54) is 0 Å². The molecule has 0 aliphatic carbocycles. The smallest absolute Gasteiger partial charge is 0.217 e. The fraction of sp³-hybridized carbons (Fsp3) is 1.00. The van der Waals surface area contributed by atoms with E-state index in [0.717, 1.165) is 7.11 Å². The zero-order valence-electron chi connectivity index (χ0n) is 10.2. The van der Waals surface area contributed by atoms with Crippen LogP contribution in [0.3, 0.4) is 0 Å². The zero-order valence-corrected chi connectivity index (χ0v) is 11.8. The van der Waals surface area contributed by atoms with Gasteiger partial charge in [0.1, 0.15) is 0 Å². The Morgan fingerprint density at radius 1 is 1.35 bits per heavy atom. The highest BCUT2D eigenvalue weighted by atomic mass is 32.3. The molecule has 0 amide bonds. The fourth-order valence-electron chi connectivity index (χ4n) is 1.70. The maximum absolute atomic E-state index is 10.6. The minimum atomic E-state index is -4.92. The molecule has 13 heteroatoms. The van der Waals surface area contributed by atoms with E-state index in [1.54, 1.807) is 4.72 Å². The van der Waals surface area contributed by atoms with Gasteiger partial charge >= 0.3 is 0 Å². The number of nitrogens with one attached hydrogen (secondary N) is 1. The Bertz CT molecular complexity index is 516. The van der Waals surface area contributed by atoms with E-state index < -0.39 is 51.8 Å². The minimum absolute atomic E-state index is 0.261. The fourth-order valence-corrected chi connectivity index (χ4v) is 2.62. The van der Waals surface area contributed by atoms with Gasteiger partial charge in [0.25, 0.3) is 0 Å². The lowest BCUT2D eigenvalue weighted by Gasteiger charge is -2.39. The van der Waals surface area contributed by atoms with Crippen molar-refractivity contribution in [3.63, 3.8) is 0 Å². The van der Waals surface area contributed by atoms with Crippen molar-refractivity contribution in [1.29, 1.82) is 0 Å². The van der Waals surface area contributed by atoms with Crippen LogP contribution < -0.4 is 4.72 Å². The second kappa shape index (κ2) is 6.59. The van der Waals surface area contributed by atoms with Gasteiger partial charge in [-0.3, -0.25) is 4.18 Å². The molecule has 0 saturated carbocycles. The average Bonchev–Trinajstić information content (AvgIpc) is 2.26. The van der Waals surface area contributed by atoms with Crippen molar-refractivity contribution in [3.05, 3.63) is 0 Å². The quantitative estimate of drug-likeness (QED) is 0.376. The van der Waals surface area contributed by atoms with Gasteiger partial charge in [0, 0.05) is 13.5 Å². The number of aliphatic hydroxyl groups excluding tert-OH is 1. The van der Waals surface area contributed by atoms with Crippen LogP contribution in [0, 0.1) is 0 Å².